The fraction of sp³-hybridized carbons (Fsp3) is 0.0476. The molecule has 2 unspecified atom stereocenters. The van der Waals surface area contributed by atoms with Gasteiger partial charge in [0.25, 0.3) is 0 Å². The van der Waals surface area contributed by atoms with Gasteiger partial charge < -0.3 is 14.3 Å². The first-order valence-corrected chi connectivity index (χ1v) is 15.8. The van der Waals surface area contributed by atoms with E-state index in [2.05, 4.69) is 167 Å². The minimum Gasteiger partial charge on any atom is -0.464 e. The Labute approximate surface area is 267 Å². The van der Waals surface area contributed by atoms with Gasteiger partial charge in [-0.05, 0) is 70.3 Å². The molecule has 0 aliphatic carbocycles. The van der Waals surface area contributed by atoms with Crippen LogP contribution in [0.2, 0.25) is 0 Å². The highest BCUT2D eigenvalue weighted by Gasteiger charge is 2.25. The molecule has 2 N–H and O–H groups in total. The molecule has 9 rings (SSSR count). The van der Waals surface area contributed by atoms with Crippen molar-refractivity contribution in [3.63, 3.8) is 0 Å². The first-order valence-electron chi connectivity index (χ1n) is 15.8. The van der Waals surface area contributed by atoms with Gasteiger partial charge in [0.1, 0.15) is 11.7 Å². The van der Waals surface area contributed by atoms with E-state index in [4.69, 9.17) is 4.42 Å². The van der Waals surface area contributed by atoms with Crippen LogP contribution in [0.25, 0.3) is 55.3 Å². The molecular formula is C42H31N3O. The monoisotopic (exact) mass is 593 g/mol. The number of nitrogens with zero attached hydrogens (tertiary/aromatic N) is 1. The Hall–Kier alpha value is -5.84. The average Bonchev–Trinajstić information content (AvgIpc) is 3.75. The predicted molar refractivity (Wildman–Crippen MR) is 189 cm³/mol. The Balaban J connectivity index is 1.13. The molecule has 1 aliphatic heterocycles. The Morgan fingerprint density at radius 1 is 0.565 bits per heavy atom. The van der Waals surface area contributed by atoms with E-state index in [-0.39, 0.29) is 12.2 Å². The Morgan fingerprint density at radius 3 is 2.13 bits per heavy atom. The summed E-state index contributed by atoms with van der Waals surface area (Å²) in [6.45, 7) is 0. The molecule has 3 heterocycles. The normalized spacial score (nSPS) is 16.5. The van der Waals surface area contributed by atoms with Crippen LogP contribution in [-0.4, -0.2) is 4.57 Å². The fourth-order valence-electron chi connectivity index (χ4n) is 6.92. The summed E-state index contributed by atoms with van der Waals surface area (Å²) in [5.41, 5.74) is 11.4. The summed E-state index contributed by atoms with van der Waals surface area (Å²) in [4.78, 5) is 0. The maximum atomic E-state index is 6.01. The van der Waals surface area contributed by atoms with Gasteiger partial charge in [0, 0.05) is 22.2 Å². The van der Waals surface area contributed by atoms with Gasteiger partial charge in [-0.15, -0.1) is 0 Å². The van der Waals surface area contributed by atoms with Crippen molar-refractivity contribution in [2.24, 2.45) is 0 Å². The van der Waals surface area contributed by atoms with Crippen LogP contribution in [0.5, 0.6) is 0 Å². The maximum absolute atomic E-state index is 6.01. The molecule has 220 valence electrons. The lowest BCUT2D eigenvalue weighted by Crippen LogP contribution is -2.39. The fourth-order valence-corrected chi connectivity index (χ4v) is 6.92. The predicted octanol–water partition coefficient (Wildman–Crippen LogP) is 10.2. The maximum Gasteiger partial charge on any atom is 0.143 e. The summed E-state index contributed by atoms with van der Waals surface area (Å²) in [6, 6.07) is 53.9. The average molecular weight is 594 g/mol. The van der Waals surface area contributed by atoms with Crippen molar-refractivity contribution in [2.75, 3.05) is 0 Å². The Kier molecular flexibility index (Phi) is 6.32. The zero-order valence-electron chi connectivity index (χ0n) is 25.1. The van der Waals surface area contributed by atoms with Crippen LogP contribution in [0.1, 0.15) is 28.9 Å². The summed E-state index contributed by atoms with van der Waals surface area (Å²) in [7, 11) is 0. The van der Waals surface area contributed by atoms with Crippen LogP contribution < -0.4 is 10.6 Å². The molecule has 0 saturated carbocycles. The lowest BCUT2D eigenvalue weighted by molar-refractivity contribution is 0.442. The Bertz CT molecular complexity index is 2370. The summed E-state index contributed by atoms with van der Waals surface area (Å²) in [5.74, 6) is 0. The van der Waals surface area contributed by atoms with Gasteiger partial charge in [0.15, 0.2) is 0 Å². The third-order valence-electron chi connectivity index (χ3n) is 9.16. The number of fused-ring (bicyclic) bond motifs is 5. The van der Waals surface area contributed by atoms with E-state index < -0.39 is 0 Å². The zero-order valence-corrected chi connectivity index (χ0v) is 25.1. The van der Waals surface area contributed by atoms with Crippen molar-refractivity contribution in [3.8, 4) is 16.8 Å². The van der Waals surface area contributed by atoms with Crippen LogP contribution in [0, 0.1) is 0 Å². The zero-order chi connectivity index (χ0) is 30.5. The van der Waals surface area contributed by atoms with Crippen LogP contribution in [0.3, 0.4) is 0 Å². The molecule has 4 heteroatoms. The lowest BCUT2D eigenvalue weighted by Gasteiger charge is -2.33. The molecule has 0 radical (unpaired) electrons. The highest BCUT2D eigenvalue weighted by molar-refractivity contribution is 6.19. The molecule has 6 aromatic carbocycles. The number of hydrogen-bond donors (Lipinski definition) is 2. The van der Waals surface area contributed by atoms with E-state index in [1.165, 1.54) is 27.6 Å². The van der Waals surface area contributed by atoms with Crippen molar-refractivity contribution in [3.05, 3.63) is 181 Å². The molecular weight excluding hydrogens is 562 g/mol. The van der Waals surface area contributed by atoms with Gasteiger partial charge in [-0.25, -0.2) is 0 Å². The van der Waals surface area contributed by atoms with E-state index in [1.54, 1.807) is 6.26 Å². The standard InChI is InChI=1S/C42H31N3O/c1-3-10-28(11-4-1)29-18-20-31(21-19-29)37-27-36(30-12-5-2-6-13-30)43-42(44-37)33-14-9-15-34(26-33)45-38-17-8-7-16-35(38)40-39(45)23-22-32-24-25-46-41(32)40/h1-27,37,42-44H. The second kappa shape index (κ2) is 11.0. The number of rotatable bonds is 5. The van der Waals surface area contributed by atoms with Gasteiger partial charge in [0.05, 0.1) is 28.7 Å². The van der Waals surface area contributed by atoms with E-state index in [1.807, 2.05) is 6.07 Å². The van der Waals surface area contributed by atoms with Gasteiger partial charge in [-0.3, -0.25) is 5.32 Å². The van der Waals surface area contributed by atoms with Gasteiger partial charge in [-0.1, -0.05) is 115 Å². The van der Waals surface area contributed by atoms with Crippen LogP contribution in [0.4, 0.5) is 0 Å². The number of aromatic nitrogens is 1. The number of furan rings is 1. The van der Waals surface area contributed by atoms with E-state index in [0.29, 0.717) is 0 Å². The molecule has 0 fully saturated rings. The summed E-state index contributed by atoms with van der Waals surface area (Å²) in [6.07, 6.45) is 3.97. The molecule has 0 bridgehead atoms. The van der Waals surface area contributed by atoms with Crippen LogP contribution in [-0.2, 0) is 0 Å². The third-order valence-corrected chi connectivity index (χ3v) is 9.16. The third kappa shape index (κ3) is 4.50. The SMILES string of the molecule is C1=C(c2ccccc2)NC(c2cccc(-n3c4ccccc4c4c5occc5ccc43)c2)NC1c1ccc(-c2ccccc2)cc1. The molecule has 2 atom stereocenters. The molecule has 0 amide bonds. The Morgan fingerprint density at radius 2 is 1.30 bits per heavy atom. The molecule has 0 saturated heterocycles. The van der Waals surface area contributed by atoms with E-state index in [0.717, 1.165) is 44.3 Å². The number of hydrogen-bond acceptors (Lipinski definition) is 3. The van der Waals surface area contributed by atoms with Gasteiger partial charge >= 0.3 is 0 Å². The quantitative estimate of drug-likeness (QED) is 0.209. The number of benzene rings is 6. The van der Waals surface area contributed by atoms with Gasteiger partial charge in [0.2, 0.25) is 0 Å². The number of nitrogens with one attached hydrogen (secondary N) is 2. The first kappa shape index (κ1) is 26.6. The smallest absolute Gasteiger partial charge is 0.143 e. The lowest BCUT2D eigenvalue weighted by atomic mass is 9.96. The topological polar surface area (TPSA) is 42.1 Å². The summed E-state index contributed by atoms with van der Waals surface area (Å²) >= 11 is 0. The summed E-state index contributed by atoms with van der Waals surface area (Å²) in [5, 5.41) is 11.2. The van der Waals surface area contributed by atoms with E-state index >= 15 is 0 Å². The molecule has 0 spiro atoms. The molecule has 8 aromatic rings. The van der Waals surface area contributed by atoms with Crippen LogP contribution >= 0.6 is 0 Å². The van der Waals surface area contributed by atoms with Crippen molar-refractivity contribution >= 4 is 38.5 Å². The van der Waals surface area contributed by atoms with Crippen molar-refractivity contribution in [1.29, 1.82) is 0 Å². The first-order chi connectivity index (χ1) is 22.8. The second-order valence-electron chi connectivity index (χ2n) is 11.9. The van der Waals surface area contributed by atoms with E-state index in [9.17, 15) is 0 Å². The van der Waals surface area contributed by atoms with Gasteiger partial charge in [-0.2, -0.15) is 0 Å². The number of para-hydroxylation sites is 1. The minimum absolute atomic E-state index is 0.0235. The van der Waals surface area contributed by atoms with Crippen molar-refractivity contribution < 1.29 is 4.42 Å². The molecule has 4 nitrogen and oxygen atoms in total. The highest BCUT2D eigenvalue weighted by Crippen LogP contribution is 2.38. The summed E-state index contributed by atoms with van der Waals surface area (Å²) < 4.78 is 8.36. The largest absolute Gasteiger partial charge is 0.464 e. The minimum atomic E-state index is -0.108. The molecule has 1 aliphatic rings. The second-order valence-corrected chi connectivity index (χ2v) is 11.9. The highest BCUT2D eigenvalue weighted by atomic mass is 16.3. The molecule has 46 heavy (non-hydrogen) atoms. The molecule has 2 aromatic heterocycles. The van der Waals surface area contributed by atoms with Crippen molar-refractivity contribution in [2.45, 2.75) is 12.2 Å². The van der Waals surface area contributed by atoms with Crippen LogP contribution in [0.15, 0.2) is 168 Å². The van der Waals surface area contributed by atoms with Crippen molar-refractivity contribution in [1.82, 2.24) is 15.2 Å².